The first-order chi connectivity index (χ1) is 8.27. The standard InChI is InChI=1S/C11H15Br2NO2S2/c1-7-4-10(13)11(5-9(7)12)18(15,16)14-8(2)6-17-3/h4-5,8,14H,6H2,1-3H3. The van der Waals surface area contributed by atoms with Gasteiger partial charge in [0.25, 0.3) is 0 Å². The van der Waals surface area contributed by atoms with Crippen LogP contribution in [0.5, 0.6) is 0 Å². The molecule has 0 radical (unpaired) electrons. The minimum Gasteiger partial charge on any atom is -0.207 e. The molecule has 1 N–H and O–H groups in total. The van der Waals surface area contributed by atoms with Crippen molar-refractivity contribution in [2.75, 3.05) is 12.0 Å². The summed E-state index contributed by atoms with van der Waals surface area (Å²) in [6, 6.07) is 3.31. The van der Waals surface area contributed by atoms with Gasteiger partial charge < -0.3 is 0 Å². The maximum Gasteiger partial charge on any atom is 0.241 e. The fraction of sp³-hybridized carbons (Fsp3) is 0.455. The molecule has 0 fully saturated rings. The lowest BCUT2D eigenvalue weighted by molar-refractivity contribution is 0.570. The van der Waals surface area contributed by atoms with E-state index in [0.717, 1.165) is 15.8 Å². The molecule has 3 nitrogen and oxygen atoms in total. The Kier molecular flexibility index (Phi) is 6.18. The van der Waals surface area contributed by atoms with Crippen LogP contribution < -0.4 is 4.72 Å². The Morgan fingerprint density at radius 1 is 1.33 bits per heavy atom. The van der Waals surface area contributed by atoms with Gasteiger partial charge in [-0.15, -0.1) is 0 Å². The van der Waals surface area contributed by atoms with Crippen LogP contribution in [-0.2, 0) is 10.0 Å². The summed E-state index contributed by atoms with van der Waals surface area (Å²) < 4.78 is 28.5. The van der Waals surface area contributed by atoms with Crippen molar-refractivity contribution < 1.29 is 8.42 Å². The topological polar surface area (TPSA) is 46.2 Å². The predicted octanol–water partition coefficient (Wildman–Crippen LogP) is 3.55. The van der Waals surface area contributed by atoms with Crippen molar-refractivity contribution in [1.29, 1.82) is 0 Å². The predicted molar refractivity (Wildman–Crippen MR) is 84.7 cm³/mol. The van der Waals surface area contributed by atoms with Crippen LogP contribution in [0.3, 0.4) is 0 Å². The molecule has 0 heterocycles. The molecule has 1 aromatic carbocycles. The minimum atomic E-state index is -3.49. The lowest BCUT2D eigenvalue weighted by Gasteiger charge is -2.14. The van der Waals surface area contributed by atoms with Gasteiger partial charge in [-0.05, 0) is 53.7 Å². The summed E-state index contributed by atoms with van der Waals surface area (Å²) in [4.78, 5) is 0.257. The summed E-state index contributed by atoms with van der Waals surface area (Å²) in [6.45, 7) is 3.76. The Morgan fingerprint density at radius 3 is 2.50 bits per heavy atom. The SMILES string of the molecule is CSCC(C)NS(=O)(=O)c1cc(Br)c(C)cc1Br. The van der Waals surface area contributed by atoms with Gasteiger partial charge in [-0.1, -0.05) is 15.9 Å². The van der Waals surface area contributed by atoms with Gasteiger partial charge in [0.05, 0.1) is 4.90 Å². The zero-order chi connectivity index (χ0) is 13.9. The quantitative estimate of drug-likeness (QED) is 0.798. The van der Waals surface area contributed by atoms with Crippen molar-refractivity contribution in [3.8, 4) is 0 Å². The van der Waals surface area contributed by atoms with E-state index in [4.69, 9.17) is 0 Å². The normalized spacial score (nSPS) is 13.6. The summed E-state index contributed by atoms with van der Waals surface area (Å²) in [5.41, 5.74) is 0.984. The molecule has 0 saturated carbocycles. The second kappa shape index (κ2) is 6.74. The summed E-state index contributed by atoms with van der Waals surface area (Å²) in [6.07, 6.45) is 1.95. The van der Waals surface area contributed by atoms with E-state index in [2.05, 4.69) is 36.6 Å². The fourth-order valence-electron chi connectivity index (χ4n) is 1.45. The molecule has 0 aliphatic heterocycles. The Hall–Kier alpha value is 0.440. The fourth-order valence-corrected chi connectivity index (χ4v) is 5.06. The summed E-state index contributed by atoms with van der Waals surface area (Å²) in [7, 11) is -3.49. The number of sulfonamides is 1. The molecule has 1 rings (SSSR count). The van der Waals surface area contributed by atoms with Gasteiger partial charge in [0, 0.05) is 20.7 Å². The molecule has 0 amide bonds. The Morgan fingerprint density at radius 2 is 1.94 bits per heavy atom. The Bertz CT molecular complexity index is 532. The van der Waals surface area contributed by atoms with E-state index in [9.17, 15) is 8.42 Å². The zero-order valence-electron chi connectivity index (χ0n) is 10.3. The van der Waals surface area contributed by atoms with Crippen LogP contribution in [0.1, 0.15) is 12.5 Å². The third-order valence-electron chi connectivity index (χ3n) is 2.28. The molecule has 0 aromatic heterocycles. The molecule has 18 heavy (non-hydrogen) atoms. The maximum absolute atomic E-state index is 12.2. The molecule has 1 aromatic rings. The van der Waals surface area contributed by atoms with Gasteiger partial charge in [0.2, 0.25) is 10.0 Å². The van der Waals surface area contributed by atoms with Crippen molar-refractivity contribution in [3.05, 3.63) is 26.6 Å². The van der Waals surface area contributed by atoms with Gasteiger partial charge >= 0.3 is 0 Å². The van der Waals surface area contributed by atoms with E-state index in [1.807, 2.05) is 20.1 Å². The summed E-state index contributed by atoms with van der Waals surface area (Å²) in [5.74, 6) is 0.740. The molecular weight excluding hydrogens is 402 g/mol. The molecule has 0 aliphatic rings. The number of rotatable bonds is 5. The van der Waals surface area contributed by atoms with Gasteiger partial charge in [-0.3, -0.25) is 0 Å². The van der Waals surface area contributed by atoms with Crippen LogP contribution in [0.25, 0.3) is 0 Å². The third-order valence-corrected chi connectivity index (χ3v) is 6.51. The van der Waals surface area contributed by atoms with Crippen LogP contribution in [-0.4, -0.2) is 26.5 Å². The van der Waals surface area contributed by atoms with Gasteiger partial charge in [-0.2, -0.15) is 11.8 Å². The second-order valence-electron chi connectivity index (χ2n) is 4.01. The molecular formula is C11H15Br2NO2S2. The Labute approximate surface area is 129 Å². The molecule has 1 atom stereocenters. The lowest BCUT2D eigenvalue weighted by Crippen LogP contribution is -2.34. The zero-order valence-corrected chi connectivity index (χ0v) is 15.1. The molecule has 0 saturated heterocycles. The van der Waals surface area contributed by atoms with Crippen molar-refractivity contribution in [3.63, 3.8) is 0 Å². The largest absolute Gasteiger partial charge is 0.241 e. The third kappa shape index (κ3) is 4.23. The minimum absolute atomic E-state index is 0.100. The van der Waals surface area contributed by atoms with Crippen LogP contribution in [0.4, 0.5) is 0 Å². The molecule has 7 heteroatoms. The highest BCUT2D eigenvalue weighted by Gasteiger charge is 2.21. The van der Waals surface area contributed by atoms with E-state index < -0.39 is 10.0 Å². The first-order valence-electron chi connectivity index (χ1n) is 5.25. The molecule has 0 aliphatic carbocycles. The number of thioether (sulfide) groups is 1. The van der Waals surface area contributed by atoms with Crippen LogP contribution in [0.15, 0.2) is 26.0 Å². The average Bonchev–Trinajstić information content (AvgIpc) is 2.22. The molecule has 102 valence electrons. The second-order valence-corrected chi connectivity index (χ2v) is 8.31. The highest BCUT2D eigenvalue weighted by atomic mass is 79.9. The number of hydrogen-bond acceptors (Lipinski definition) is 3. The molecule has 0 bridgehead atoms. The van der Waals surface area contributed by atoms with Crippen molar-refractivity contribution >= 4 is 53.6 Å². The van der Waals surface area contributed by atoms with Gasteiger partial charge in [0.15, 0.2) is 0 Å². The van der Waals surface area contributed by atoms with E-state index in [1.165, 1.54) is 0 Å². The summed E-state index contributed by atoms with van der Waals surface area (Å²) in [5, 5.41) is 0. The highest BCUT2D eigenvalue weighted by molar-refractivity contribution is 9.11. The number of hydrogen-bond donors (Lipinski definition) is 1. The van der Waals surface area contributed by atoms with Crippen LogP contribution >= 0.6 is 43.6 Å². The summed E-state index contributed by atoms with van der Waals surface area (Å²) >= 11 is 8.26. The molecule has 1 unspecified atom stereocenters. The van der Waals surface area contributed by atoms with E-state index in [-0.39, 0.29) is 10.9 Å². The number of halogens is 2. The monoisotopic (exact) mass is 415 g/mol. The number of benzene rings is 1. The number of aryl methyl sites for hydroxylation is 1. The van der Waals surface area contributed by atoms with E-state index in [0.29, 0.717) is 4.47 Å². The maximum atomic E-state index is 12.2. The van der Waals surface area contributed by atoms with Crippen molar-refractivity contribution in [2.45, 2.75) is 24.8 Å². The van der Waals surface area contributed by atoms with Gasteiger partial charge in [0.1, 0.15) is 0 Å². The first-order valence-corrected chi connectivity index (χ1v) is 9.71. The van der Waals surface area contributed by atoms with E-state index in [1.54, 1.807) is 23.9 Å². The van der Waals surface area contributed by atoms with E-state index >= 15 is 0 Å². The van der Waals surface area contributed by atoms with Crippen LogP contribution in [0, 0.1) is 6.92 Å². The average molecular weight is 417 g/mol. The highest BCUT2D eigenvalue weighted by Crippen LogP contribution is 2.28. The van der Waals surface area contributed by atoms with Crippen molar-refractivity contribution in [1.82, 2.24) is 4.72 Å². The Balaban J connectivity index is 3.09. The number of nitrogens with one attached hydrogen (secondary N) is 1. The first kappa shape index (κ1) is 16.5. The molecule has 0 spiro atoms. The smallest absolute Gasteiger partial charge is 0.207 e. The van der Waals surface area contributed by atoms with Crippen LogP contribution in [0.2, 0.25) is 0 Å². The lowest BCUT2D eigenvalue weighted by atomic mass is 10.2. The van der Waals surface area contributed by atoms with Gasteiger partial charge in [-0.25, -0.2) is 13.1 Å². The van der Waals surface area contributed by atoms with Crippen molar-refractivity contribution in [2.24, 2.45) is 0 Å².